The summed E-state index contributed by atoms with van der Waals surface area (Å²) in [7, 11) is 0. The molecular weight excluding hydrogens is 671 g/mol. The third-order valence-electron chi connectivity index (χ3n) is 10.1. The lowest BCUT2D eigenvalue weighted by Crippen LogP contribution is -2.59. The van der Waals surface area contributed by atoms with Crippen molar-refractivity contribution in [1.29, 1.82) is 0 Å². The van der Waals surface area contributed by atoms with Crippen molar-refractivity contribution in [1.82, 2.24) is 10.2 Å². The fourth-order valence-electron chi connectivity index (χ4n) is 6.74. The summed E-state index contributed by atoms with van der Waals surface area (Å²) in [5, 5.41) is 2.81. The minimum Gasteiger partial charge on any atom is -0.462 e. The lowest BCUT2D eigenvalue weighted by atomic mass is 10.0. The van der Waals surface area contributed by atoms with E-state index in [1.54, 1.807) is 0 Å². The fraction of sp³-hybridized carbons (Fsp3) is 0.886. The largest absolute Gasteiger partial charge is 0.462 e. The second-order valence-corrected chi connectivity index (χ2v) is 15.4. The Morgan fingerprint density at radius 2 is 1.00 bits per heavy atom. The van der Waals surface area contributed by atoms with Crippen molar-refractivity contribution in [2.45, 2.75) is 212 Å². The number of allylic oxidation sites excluding steroid dienone is 2. The van der Waals surface area contributed by atoms with Crippen LogP contribution in [0.25, 0.3) is 0 Å². The Labute approximate surface area is 324 Å². The first-order valence-corrected chi connectivity index (χ1v) is 22.2. The van der Waals surface area contributed by atoms with Crippen molar-refractivity contribution in [3.63, 3.8) is 0 Å². The van der Waals surface area contributed by atoms with Gasteiger partial charge in [-0.25, -0.2) is 4.79 Å². The lowest BCUT2D eigenvalue weighted by Gasteiger charge is -2.39. The van der Waals surface area contributed by atoms with Crippen LogP contribution in [-0.2, 0) is 23.8 Å². The molecule has 0 saturated carbocycles. The molecule has 0 aromatic carbocycles. The van der Waals surface area contributed by atoms with E-state index in [-0.39, 0.29) is 37.9 Å². The Morgan fingerprint density at radius 1 is 0.604 bits per heavy atom. The highest BCUT2D eigenvalue weighted by molar-refractivity contribution is 5.70. The van der Waals surface area contributed by atoms with E-state index in [1.807, 2.05) is 0 Å². The van der Waals surface area contributed by atoms with Gasteiger partial charge in [-0.2, -0.15) is 0 Å². The maximum Gasteiger partial charge on any atom is 0.407 e. The molecule has 0 aromatic heterocycles. The summed E-state index contributed by atoms with van der Waals surface area (Å²) in [5.74, 6) is -0.665. The van der Waals surface area contributed by atoms with Crippen molar-refractivity contribution in [2.75, 3.05) is 39.5 Å². The molecule has 0 radical (unpaired) electrons. The van der Waals surface area contributed by atoms with E-state index in [9.17, 15) is 18.8 Å². The van der Waals surface area contributed by atoms with Gasteiger partial charge in [-0.15, -0.1) is 0 Å². The number of ether oxygens (including phenoxy) is 3. The highest BCUT2D eigenvalue weighted by Gasteiger charge is 2.29. The average Bonchev–Trinajstić information content (AvgIpc) is 3.13. The van der Waals surface area contributed by atoms with E-state index in [0.29, 0.717) is 38.9 Å². The zero-order valence-electron chi connectivity index (χ0n) is 34.3. The molecule has 310 valence electrons. The molecule has 1 aliphatic rings. The molecule has 1 amide bonds. The molecule has 1 N–H and O–H groups in total. The van der Waals surface area contributed by atoms with E-state index in [0.717, 1.165) is 51.4 Å². The molecule has 1 fully saturated rings. The van der Waals surface area contributed by atoms with Gasteiger partial charge in [0.05, 0.1) is 12.7 Å². The predicted molar refractivity (Wildman–Crippen MR) is 216 cm³/mol. The number of alkyl carbamates (subject to hydrolysis) is 1. The van der Waals surface area contributed by atoms with E-state index in [4.69, 9.17) is 14.2 Å². The summed E-state index contributed by atoms with van der Waals surface area (Å²) in [6.07, 6.45) is 35.8. The summed E-state index contributed by atoms with van der Waals surface area (Å²) >= 11 is 0. The van der Waals surface area contributed by atoms with Gasteiger partial charge in [0.1, 0.15) is 13.2 Å². The molecule has 8 nitrogen and oxygen atoms in total. The average molecular weight is 753 g/mol. The summed E-state index contributed by atoms with van der Waals surface area (Å²) < 4.78 is 28.9. The van der Waals surface area contributed by atoms with Gasteiger partial charge in [0, 0.05) is 32.5 Å². The van der Waals surface area contributed by atoms with Crippen LogP contribution in [0.4, 0.5) is 9.18 Å². The number of halogens is 1. The second kappa shape index (κ2) is 36.8. The van der Waals surface area contributed by atoms with Gasteiger partial charge < -0.3 is 19.5 Å². The number of rotatable bonds is 38. The van der Waals surface area contributed by atoms with Crippen LogP contribution in [0.5, 0.6) is 0 Å². The van der Waals surface area contributed by atoms with Gasteiger partial charge in [-0.3, -0.25) is 18.9 Å². The third-order valence-corrected chi connectivity index (χ3v) is 10.1. The zero-order valence-corrected chi connectivity index (χ0v) is 34.3. The van der Waals surface area contributed by atoms with Crippen molar-refractivity contribution in [3.8, 4) is 0 Å². The summed E-state index contributed by atoms with van der Waals surface area (Å²) in [6, 6.07) is -0.0791. The number of nitrogens with zero attached hydrogens (tertiary/aromatic N) is 1. The molecule has 1 heterocycles. The maximum absolute atomic E-state index is 12.6. The molecule has 1 rings (SSSR count). The van der Waals surface area contributed by atoms with Crippen molar-refractivity contribution in [3.05, 3.63) is 12.2 Å². The first kappa shape index (κ1) is 48.9. The molecule has 0 aliphatic carbocycles. The number of carbonyl (C=O) groups is 3. The number of unbranched alkanes of at least 4 members (excludes halogenated alkanes) is 23. The molecule has 1 unspecified atom stereocenters. The van der Waals surface area contributed by atoms with Crippen LogP contribution in [0.2, 0.25) is 0 Å². The molecule has 0 aromatic rings. The number of likely N-dealkylation sites (tertiary alicyclic amines) is 1. The molecule has 9 heteroatoms. The lowest BCUT2D eigenvalue weighted by molar-refractivity contribution is -0.152. The Kier molecular flexibility index (Phi) is 33.9. The van der Waals surface area contributed by atoms with E-state index >= 15 is 0 Å². The van der Waals surface area contributed by atoms with Crippen LogP contribution in [-0.4, -0.2) is 74.6 Å². The molecular formula is C44H81FN2O6. The number of hydrogen-bond acceptors (Lipinski definition) is 7. The quantitative estimate of drug-likeness (QED) is 0.0290. The Hall–Kier alpha value is -2.16. The van der Waals surface area contributed by atoms with Crippen LogP contribution in [0.15, 0.2) is 12.2 Å². The number of hydrogen-bond donors (Lipinski definition) is 1. The molecule has 1 aliphatic heterocycles. The van der Waals surface area contributed by atoms with Crippen LogP contribution in [0.3, 0.4) is 0 Å². The predicted octanol–water partition coefficient (Wildman–Crippen LogP) is 11.7. The molecule has 0 bridgehead atoms. The smallest absolute Gasteiger partial charge is 0.407 e. The maximum atomic E-state index is 12.6. The van der Waals surface area contributed by atoms with E-state index < -0.39 is 12.2 Å². The van der Waals surface area contributed by atoms with Crippen LogP contribution < -0.4 is 5.32 Å². The zero-order chi connectivity index (χ0) is 38.5. The first-order chi connectivity index (χ1) is 26.0. The number of nitrogens with one attached hydrogen (secondary N) is 1. The number of esters is 2. The van der Waals surface area contributed by atoms with Gasteiger partial charge in [-0.05, 0) is 44.9 Å². The summed E-state index contributed by atoms with van der Waals surface area (Å²) in [4.78, 5) is 39.6. The van der Waals surface area contributed by atoms with Gasteiger partial charge in [0.25, 0.3) is 0 Å². The SMILES string of the molecule is CCCCCCCC/C=C\CCCCCCCC(=O)OCC(COC(=O)CCCCCCCCCCCCCCC)OC(=O)NC1CN(CCCF)C1. The molecule has 53 heavy (non-hydrogen) atoms. The van der Waals surface area contributed by atoms with Gasteiger partial charge >= 0.3 is 18.0 Å². The summed E-state index contributed by atoms with van der Waals surface area (Å²) in [5.41, 5.74) is 0. The Balaban J connectivity index is 2.24. The highest BCUT2D eigenvalue weighted by atomic mass is 19.1. The number of alkyl halides is 1. The van der Waals surface area contributed by atoms with Crippen LogP contribution in [0.1, 0.15) is 200 Å². The van der Waals surface area contributed by atoms with Gasteiger partial charge in [0.2, 0.25) is 0 Å². The molecule has 1 saturated heterocycles. The Bertz CT molecular complexity index is 897. The first-order valence-electron chi connectivity index (χ1n) is 22.2. The highest BCUT2D eigenvalue weighted by Crippen LogP contribution is 2.15. The Morgan fingerprint density at radius 3 is 1.42 bits per heavy atom. The molecule has 0 spiro atoms. The minimum atomic E-state index is -0.883. The van der Waals surface area contributed by atoms with Crippen LogP contribution >= 0.6 is 0 Å². The molecule has 1 atom stereocenters. The number of amides is 1. The monoisotopic (exact) mass is 753 g/mol. The van der Waals surface area contributed by atoms with E-state index in [2.05, 4.69) is 36.2 Å². The van der Waals surface area contributed by atoms with Crippen molar-refractivity contribution in [2.24, 2.45) is 0 Å². The fourth-order valence-corrected chi connectivity index (χ4v) is 6.74. The van der Waals surface area contributed by atoms with Gasteiger partial charge in [0.15, 0.2) is 6.10 Å². The van der Waals surface area contributed by atoms with Crippen molar-refractivity contribution >= 4 is 18.0 Å². The topological polar surface area (TPSA) is 94.2 Å². The third kappa shape index (κ3) is 31.9. The number of carbonyl (C=O) groups excluding carboxylic acids is 3. The normalized spacial score (nSPS) is 13.9. The summed E-state index contributed by atoms with van der Waals surface area (Å²) in [6.45, 7) is 5.78. The van der Waals surface area contributed by atoms with Crippen LogP contribution in [0, 0.1) is 0 Å². The standard InChI is InChI=1S/C44H81FN2O6/c1-3-5-7-9-11-13-15-17-18-20-22-24-26-28-30-33-43(49)52-39-41(53-44(50)46-40-36-47(37-40)35-31-34-45)38-51-42(48)32-29-27-25-23-21-19-16-14-12-10-8-6-4-2/h17-18,40-41H,3-16,19-39H2,1-2H3,(H,46,50)/b18-17-. The second-order valence-electron chi connectivity index (χ2n) is 15.4. The van der Waals surface area contributed by atoms with E-state index in [1.165, 1.54) is 116 Å². The van der Waals surface area contributed by atoms with Crippen molar-refractivity contribution < 1.29 is 33.0 Å². The van der Waals surface area contributed by atoms with Gasteiger partial charge in [-0.1, -0.05) is 154 Å². The minimum absolute atomic E-state index is 0.0791.